The summed E-state index contributed by atoms with van der Waals surface area (Å²) in [4.78, 5) is 58.1. The Bertz CT molecular complexity index is 2010. The number of carbonyl (C=O) groups excluding carboxylic acids is 3. The molecule has 57 heavy (non-hydrogen) atoms. The molecule has 304 valence electrons. The quantitative estimate of drug-likeness (QED) is 0.0443. The van der Waals surface area contributed by atoms with Crippen molar-refractivity contribution in [2.24, 2.45) is 0 Å². The number of nitrogens with one attached hydrogen (secondary N) is 1. The molecule has 4 heterocycles. The predicted molar refractivity (Wildman–Crippen MR) is 197 cm³/mol. The van der Waals surface area contributed by atoms with Crippen LogP contribution in [-0.4, -0.2) is 103 Å². The topological polar surface area (TPSA) is 231 Å². The van der Waals surface area contributed by atoms with Gasteiger partial charge in [0, 0.05) is 31.9 Å². The molecule has 0 bridgehead atoms. The van der Waals surface area contributed by atoms with Crippen molar-refractivity contribution < 1.29 is 52.7 Å². The van der Waals surface area contributed by atoms with Gasteiger partial charge in [-0.3, -0.25) is 4.79 Å². The zero-order chi connectivity index (χ0) is 40.5. The molecule has 0 saturated carbocycles. The van der Waals surface area contributed by atoms with E-state index in [0.717, 1.165) is 35.1 Å². The van der Waals surface area contributed by atoms with Gasteiger partial charge < -0.3 is 37.8 Å². The lowest BCUT2D eigenvalue weighted by Gasteiger charge is -2.19. The summed E-state index contributed by atoms with van der Waals surface area (Å²) in [6, 6.07) is 15.5. The Hall–Kier alpha value is -5.66. The number of aromatic nitrogens is 6. The summed E-state index contributed by atoms with van der Waals surface area (Å²) in [6.45, 7) is 5.15. The zero-order valence-electron chi connectivity index (χ0n) is 31.4. The summed E-state index contributed by atoms with van der Waals surface area (Å²) < 4.78 is 34.8. The number of imidazole rings is 1. The average Bonchev–Trinajstić information content (AvgIpc) is 3.98. The summed E-state index contributed by atoms with van der Waals surface area (Å²) in [5.74, 6) is -0.312. The molecule has 3 unspecified atom stereocenters. The number of aryl methyl sites for hydroxylation is 1. The minimum absolute atomic E-state index is 0.00417. The smallest absolute Gasteiger partial charge is 0.457 e. The monoisotopic (exact) mass is 811 g/mol. The second-order valence-corrected chi connectivity index (χ2v) is 13.8. The van der Waals surface area contributed by atoms with E-state index >= 15 is 0 Å². The van der Waals surface area contributed by atoms with Crippen LogP contribution in [0.5, 0.6) is 0 Å². The first-order valence-electron chi connectivity index (χ1n) is 18.5. The second-order valence-electron chi connectivity index (χ2n) is 13.5. The number of unbranched alkanes of at least 4 members (excludes halogenated alkanes) is 1. The largest absolute Gasteiger partial charge is 0.511 e. The number of aromatic amines is 1. The fourth-order valence-electron chi connectivity index (χ4n) is 6.65. The van der Waals surface area contributed by atoms with Crippen LogP contribution in [0.1, 0.15) is 74.8 Å². The zero-order valence-corrected chi connectivity index (χ0v) is 32.2. The molecule has 4 aromatic rings. The molecule has 0 aliphatic carbocycles. The second kappa shape index (κ2) is 19.0. The molecule has 0 amide bonds. The van der Waals surface area contributed by atoms with Crippen molar-refractivity contribution in [3.8, 4) is 22.5 Å². The SMILES string of the molecule is CCCCc1nc(Cl)c(C(=O)OC(C)OC(=O)O[C@H]2COC3C2OC[C@@H]3OC(=O)CCC[C@H](C)O[N+](=O)[O-])n1Cc1ccc(-c2ccccc2-c2nn[nH]n2)cc1. The third-order valence-electron chi connectivity index (χ3n) is 9.36. The standard InChI is InChI=1S/C37H42ClN7O12/c1-4-5-12-29-39-34(38)31(44(29)18-23-14-16-24(17-15-23)25-10-6-7-11-26(25)35-40-42-43-41-35)36(47)53-22(3)54-37(48)56-28-20-52-32-27(19-51-33(28)32)55-30(46)13-8-9-21(2)57-45(49)50/h6-7,10-11,14-17,21-22,27-28,32-33H,4-5,8-9,12-13,18-20H2,1-3H3,(H,40,41,42,43)/t21-,22?,27-,28-,32?,33?/m0/s1. The number of ether oxygens (including phenoxy) is 6. The Labute approximate surface area is 331 Å². The minimum Gasteiger partial charge on any atom is -0.457 e. The van der Waals surface area contributed by atoms with Crippen LogP contribution in [0.2, 0.25) is 5.15 Å². The molecule has 2 aromatic carbocycles. The van der Waals surface area contributed by atoms with E-state index in [0.29, 0.717) is 30.9 Å². The minimum atomic E-state index is -1.38. The molecular weight excluding hydrogens is 770 g/mol. The first-order chi connectivity index (χ1) is 27.5. The molecule has 2 fully saturated rings. The maximum Gasteiger partial charge on any atom is 0.511 e. The van der Waals surface area contributed by atoms with E-state index in [-0.39, 0.29) is 37.0 Å². The molecule has 2 aromatic heterocycles. The molecule has 2 saturated heterocycles. The van der Waals surface area contributed by atoms with Gasteiger partial charge in [0.05, 0.1) is 13.2 Å². The normalized spacial score (nSPS) is 19.6. The summed E-state index contributed by atoms with van der Waals surface area (Å²) in [5, 5.41) is 23.9. The van der Waals surface area contributed by atoms with Gasteiger partial charge in [0.1, 0.15) is 24.1 Å². The Morgan fingerprint density at radius 2 is 1.70 bits per heavy atom. The highest BCUT2D eigenvalue weighted by Gasteiger charge is 2.51. The maximum absolute atomic E-state index is 13.6. The van der Waals surface area contributed by atoms with E-state index in [4.69, 9.17) is 40.0 Å². The van der Waals surface area contributed by atoms with Gasteiger partial charge in [0.15, 0.2) is 23.1 Å². The summed E-state index contributed by atoms with van der Waals surface area (Å²) in [7, 11) is 0. The highest BCUT2D eigenvalue weighted by Crippen LogP contribution is 2.32. The van der Waals surface area contributed by atoms with E-state index in [9.17, 15) is 24.5 Å². The number of tetrazole rings is 1. The number of H-pyrrole nitrogens is 1. The molecule has 0 spiro atoms. The number of nitrogens with zero attached hydrogens (tertiary/aromatic N) is 6. The van der Waals surface area contributed by atoms with E-state index in [1.54, 1.807) is 4.57 Å². The number of fused-ring (bicyclic) bond motifs is 1. The predicted octanol–water partition coefficient (Wildman–Crippen LogP) is 5.28. The Kier molecular flexibility index (Phi) is 13.7. The molecule has 2 aliphatic heterocycles. The van der Waals surface area contributed by atoms with Crippen molar-refractivity contribution in [3.05, 3.63) is 80.9 Å². The number of benzene rings is 2. The van der Waals surface area contributed by atoms with Crippen LogP contribution in [0, 0.1) is 10.1 Å². The van der Waals surface area contributed by atoms with Gasteiger partial charge in [0.25, 0.3) is 5.09 Å². The van der Waals surface area contributed by atoms with Gasteiger partial charge in [-0.1, -0.05) is 73.5 Å². The van der Waals surface area contributed by atoms with Crippen LogP contribution in [-0.2, 0) is 51.0 Å². The van der Waals surface area contributed by atoms with Crippen LogP contribution in [0.25, 0.3) is 22.5 Å². The van der Waals surface area contributed by atoms with Crippen molar-refractivity contribution in [3.63, 3.8) is 0 Å². The van der Waals surface area contributed by atoms with Gasteiger partial charge in [-0.15, -0.1) is 20.3 Å². The number of hydrogen-bond donors (Lipinski definition) is 1. The Balaban J connectivity index is 1.03. The number of halogens is 1. The number of hydrogen-bond acceptors (Lipinski definition) is 16. The summed E-state index contributed by atoms with van der Waals surface area (Å²) >= 11 is 6.54. The van der Waals surface area contributed by atoms with Crippen LogP contribution in [0.3, 0.4) is 0 Å². The fourth-order valence-corrected chi connectivity index (χ4v) is 6.92. The van der Waals surface area contributed by atoms with Gasteiger partial charge in [-0.2, -0.15) is 5.21 Å². The third-order valence-corrected chi connectivity index (χ3v) is 9.62. The Morgan fingerprint density at radius 1 is 1.00 bits per heavy atom. The van der Waals surface area contributed by atoms with Crippen molar-refractivity contribution in [1.82, 2.24) is 30.2 Å². The first kappa shape index (κ1) is 41.0. The lowest BCUT2D eigenvalue weighted by Crippen LogP contribution is -2.36. The average molecular weight is 812 g/mol. The van der Waals surface area contributed by atoms with Gasteiger partial charge >= 0.3 is 18.1 Å². The van der Waals surface area contributed by atoms with Crippen molar-refractivity contribution >= 4 is 29.7 Å². The van der Waals surface area contributed by atoms with Crippen molar-refractivity contribution in [1.29, 1.82) is 0 Å². The fraction of sp³-hybridized carbons (Fsp3) is 0.486. The summed E-state index contributed by atoms with van der Waals surface area (Å²) in [6.07, 6.45) is -3.33. The van der Waals surface area contributed by atoms with E-state index in [1.807, 2.05) is 55.5 Å². The third kappa shape index (κ3) is 10.4. The molecule has 2 aliphatic rings. The molecule has 19 nitrogen and oxygen atoms in total. The lowest BCUT2D eigenvalue weighted by molar-refractivity contribution is -0.767. The number of rotatable bonds is 18. The lowest BCUT2D eigenvalue weighted by atomic mass is 9.98. The highest BCUT2D eigenvalue weighted by atomic mass is 35.5. The first-order valence-corrected chi connectivity index (χ1v) is 18.9. The van der Waals surface area contributed by atoms with Crippen molar-refractivity contribution in [2.45, 2.75) is 103 Å². The molecule has 6 atom stereocenters. The van der Waals surface area contributed by atoms with Crippen LogP contribution < -0.4 is 0 Å². The maximum atomic E-state index is 13.6. The summed E-state index contributed by atoms with van der Waals surface area (Å²) in [5.41, 5.74) is 3.53. The molecule has 6 rings (SSSR count). The van der Waals surface area contributed by atoms with Gasteiger partial charge in [0.2, 0.25) is 12.1 Å². The Morgan fingerprint density at radius 3 is 2.37 bits per heavy atom. The molecular formula is C37H42ClN7O12. The molecule has 0 radical (unpaired) electrons. The molecule has 20 heteroatoms. The van der Waals surface area contributed by atoms with Crippen LogP contribution in [0.4, 0.5) is 4.79 Å². The van der Waals surface area contributed by atoms with Crippen LogP contribution in [0.15, 0.2) is 48.5 Å². The number of esters is 2. The van der Waals surface area contributed by atoms with E-state index < -0.39 is 60.0 Å². The number of carbonyl (C=O) groups is 3. The van der Waals surface area contributed by atoms with E-state index in [2.05, 4.69) is 30.4 Å². The van der Waals surface area contributed by atoms with Crippen molar-refractivity contribution in [2.75, 3.05) is 13.2 Å². The highest BCUT2D eigenvalue weighted by molar-refractivity contribution is 6.32. The molecule has 1 N–H and O–H groups in total. The van der Waals surface area contributed by atoms with Crippen LogP contribution >= 0.6 is 11.6 Å². The van der Waals surface area contributed by atoms with Gasteiger partial charge in [-0.05, 0) is 48.1 Å². The van der Waals surface area contributed by atoms with Gasteiger partial charge in [-0.25, -0.2) is 14.6 Å². The van der Waals surface area contributed by atoms with E-state index in [1.165, 1.54) is 13.8 Å².